The van der Waals surface area contributed by atoms with E-state index in [1.165, 1.54) is 10.1 Å². The SMILES string of the molecule is Cc1c(NC(=O)c2ccc(C(C)(C)C)cc2)cccc1-c1cn(C)c(=O)c(Nc2ccc(N3CCC4(CC3)OCCO4)cc2)n1. The average molecular weight is 608 g/mol. The Hall–Kier alpha value is -4.47. The fraction of sp³-hybridized carbons (Fsp3) is 0.361. The molecule has 0 atom stereocenters. The van der Waals surface area contributed by atoms with E-state index in [0.717, 1.165) is 48.4 Å². The number of anilines is 4. The first-order valence-electron chi connectivity index (χ1n) is 15.5. The van der Waals surface area contributed by atoms with Crippen LogP contribution < -0.4 is 21.1 Å². The summed E-state index contributed by atoms with van der Waals surface area (Å²) in [4.78, 5) is 33.3. The molecular weight excluding hydrogens is 566 g/mol. The highest BCUT2D eigenvalue weighted by molar-refractivity contribution is 6.05. The molecule has 3 heterocycles. The van der Waals surface area contributed by atoms with Crippen LogP contribution in [0.25, 0.3) is 11.3 Å². The molecule has 4 aromatic rings. The highest BCUT2D eigenvalue weighted by Gasteiger charge is 2.39. The Morgan fingerprint density at radius 3 is 2.24 bits per heavy atom. The molecule has 0 saturated carbocycles. The van der Waals surface area contributed by atoms with Crippen molar-refractivity contribution in [3.05, 3.63) is 100.0 Å². The maximum absolute atomic E-state index is 13.1. The van der Waals surface area contributed by atoms with Crippen molar-refractivity contribution >= 4 is 28.8 Å². The summed E-state index contributed by atoms with van der Waals surface area (Å²) < 4.78 is 13.2. The van der Waals surface area contributed by atoms with Crippen molar-refractivity contribution in [1.82, 2.24) is 9.55 Å². The molecule has 2 N–H and O–H groups in total. The molecule has 6 rings (SSSR count). The summed E-state index contributed by atoms with van der Waals surface area (Å²) in [6.45, 7) is 11.4. The van der Waals surface area contributed by atoms with Gasteiger partial charge in [0.1, 0.15) is 0 Å². The molecule has 9 nitrogen and oxygen atoms in total. The maximum Gasteiger partial charge on any atom is 0.293 e. The van der Waals surface area contributed by atoms with E-state index in [1.807, 2.05) is 61.5 Å². The van der Waals surface area contributed by atoms with Crippen molar-refractivity contribution in [2.24, 2.45) is 7.05 Å². The van der Waals surface area contributed by atoms with Crippen LogP contribution in [0.15, 0.2) is 77.7 Å². The summed E-state index contributed by atoms with van der Waals surface area (Å²) in [5.74, 6) is -0.360. The van der Waals surface area contributed by atoms with Crippen LogP contribution in [0.1, 0.15) is 55.1 Å². The normalized spacial score (nSPS) is 16.2. The number of aryl methyl sites for hydroxylation is 1. The fourth-order valence-corrected chi connectivity index (χ4v) is 5.97. The average Bonchev–Trinajstić information content (AvgIpc) is 3.48. The molecule has 0 radical (unpaired) electrons. The molecule has 2 aliphatic rings. The van der Waals surface area contributed by atoms with Gasteiger partial charge in [-0.05, 0) is 65.9 Å². The number of carbonyl (C=O) groups excluding carboxylic acids is 1. The minimum absolute atomic E-state index is 0.0119. The van der Waals surface area contributed by atoms with Gasteiger partial charge in [-0.25, -0.2) is 4.98 Å². The number of hydrogen-bond donors (Lipinski definition) is 2. The van der Waals surface area contributed by atoms with Crippen LogP contribution in [-0.2, 0) is 21.9 Å². The molecule has 9 heteroatoms. The molecule has 3 aromatic carbocycles. The van der Waals surface area contributed by atoms with Crippen molar-refractivity contribution in [1.29, 1.82) is 0 Å². The van der Waals surface area contributed by atoms with Crippen molar-refractivity contribution in [3.63, 3.8) is 0 Å². The smallest absolute Gasteiger partial charge is 0.293 e. The molecular formula is C36H41N5O4. The number of hydrogen-bond acceptors (Lipinski definition) is 7. The van der Waals surface area contributed by atoms with Crippen LogP contribution in [0, 0.1) is 6.92 Å². The van der Waals surface area contributed by atoms with E-state index in [1.54, 1.807) is 13.2 Å². The number of rotatable bonds is 6. The molecule has 2 fully saturated rings. The van der Waals surface area contributed by atoms with Crippen molar-refractivity contribution in [3.8, 4) is 11.3 Å². The monoisotopic (exact) mass is 607 g/mol. The van der Waals surface area contributed by atoms with Crippen LogP contribution in [0.3, 0.4) is 0 Å². The second-order valence-corrected chi connectivity index (χ2v) is 12.9. The van der Waals surface area contributed by atoms with Crippen molar-refractivity contribution in [2.75, 3.05) is 41.8 Å². The number of nitrogens with zero attached hydrogens (tertiary/aromatic N) is 3. The molecule has 1 aromatic heterocycles. The molecule has 45 heavy (non-hydrogen) atoms. The lowest BCUT2D eigenvalue weighted by molar-refractivity contribution is -0.169. The van der Waals surface area contributed by atoms with Gasteiger partial charge in [-0.1, -0.05) is 45.0 Å². The van der Waals surface area contributed by atoms with Gasteiger partial charge in [-0.2, -0.15) is 0 Å². The zero-order chi connectivity index (χ0) is 31.8. The first-order chi connectivity index (χ1) is 21.5. The predicted molar refractivity (Wildman–Crippen MR) is 179 cm³/mol. The summed E-state index contributed by atoms with van der Waals surface area (Å²) in [5.41, 5.74) is 6.41. The summed E-state index contributed by atoms with van der Waals surface area (Å²) in [6, 6.07) is 21.4. The Balaban J connectivity index is 1.18. The summed E-state index contributed by atoms with van der Waals surface area (Å²) in [7, 11) is 1.71. The molecule has 0 unspecified atom stereocenters. The maximum atomic E-state index is 13.1. The number of aromatic nitrogens is 2. The standard InChI is InChI=1S/C36H41N5O4/c1-24-29(7-6-8-30(24)39-33(42)25-9-11-26(12-10-25)35(2,3)4)31-23-40(5)34(43)32(38-31)37-27-13-15-28(16-14-27)41-19-17-36(18-20-41)44-21-22-45-36/h6-16,23H,17-22H2,1-5H3,(H,37,38)(H,39,42). The molecule has 234 valence electrons. The van der Waals surface area contributed by atoms with Gasteiger partial charge in [-0.3, -0.25) is 9.59 Å². The summed E-state index contributed by atoms with van der Waals surface area (Å²) in [6.07, 6.45) is 3.40. The number of amides is 1. The first-order valence-corrected chi connectivity index (χ1v) is 15.5. The number of nitrogens with one attached hydrogen (secondary N) is 2. The zero-order valence-corrected chi connectivity index (χ0v) is 26.6. The van der Waals surface area contributed by atoms with E-state index in [9.17, 15) is 9.59 Å². The summed E-state index contributed by atoms with van der Waals surface area (Å²) >= 11 is 0. The van der Waals surface area contributed by atoms with E-state index in [-0.39, 0.29) is 22.7 Å². The Kier molecular flexibility index (Phi) is 8.24. The van der Waals surface area contributed by atoms with E-state index < -0.39 is 5.79 Å². The quantitative estimate of drug-likeness (QED) is 0.262. The topological polar surface area (TPSA) is 97.7 Å². The Bertz CT molecular complexity index is 1740. The van der Waals surface area contributed by atoms with Crippen molar-refractivity contribution < 1.29 is 14.3 Å². The molecule has 0 bridgehead atoms. The van der Waals surface area contributed by atoms with Crippen LogP contribution in [0.4, 0.5) is 22.9 Å². The number of carbonyl (C=O) groups is 1. The van der Waals surface area contributed by atoms with Crippen LogP contribution in [-0.4, -0.2) is 47.5 Å². The largest absolute Gasteiger partial charge is 0.371 e. The van der Waals surface area contributed by atoms with Gasteiger partial charge in [0, 0.05) is 67.4 Å². The van der Waals surface area contributed by atoms with E-state index >= 15 is 0 Å². The highest BCUT2D eigenvalue weighted by Crippen LogP contribution is 2.34. The molecule has 1 amide bonds. The number of benzene rings is 3. The third-order valence-electron chi connectivity index (χ3n) is 8.78. The van der Waals surface area contributed by atoms with Gasteiger partial charge in [0.15, 0.2) is 11.6 Å². The molecule has 2 aliphatic heterocycles. The number of ether oxygens (including phenoxy) is 2. The molecule has 1 spiro atoms. The molecule has 0 aliphatic carbocycles. The van der Waals surface area contributed by atoms with Crippen LogP contribution in [0.2, 0.25) is 0 Å². The lowest BCUT2D eigenvalue weighted by atomic mass is 9.86. The van der Waals surface area contributed by atoms with Gasteiger partial charge >= 0.3 is 0 Å². The van der Waals surface area contributed by atoms with E-state index in [4.69, 9.17) is 14.5 Å². The third-order valence-corrected chi connectivity index (χ3v) is 8.78. The van der Waals surface area contributed by atoms with Crippen molar-refractivity contribution in [2.45, 2.75) is 51.7 Å². The highest BCUT2D eigenvalue weighted by atomic mass is 16.7. The third kappa shape index (κ3) is 6.50. The Morgan fingerprint density at radius 2 is 1.60 bits per heavy atom. The van der Waals surface area contributed by atoms with Gasteiger partial charge in [0.25, 0.3) is 11.5 Å². The lowest BCUT2D eigenvalue weighted by Crippen LogP contribution is -2.45. The van der Waals surface area contributed by atoms with Gasteiger partial charge < -0.3 is 29.6 Å². The molecule has 2 saturated heterocycles. The Labute approximate surface area is 264 Å². The van der Waals surface area contributed by atoms with E-state index in [2.05, 4.69) is 48.4 Å². The minimum Gasteiger partial charge on any atom is -0.371 e. The number of piperidine rings is 1. The minimum atomic E-state index is -0.406. The second-order valence-electron chi connectivity index (χ2n) is 12.9. The van der Waals surface area contributed by atoms with Crippen LogP contribution >= 0.6 is 0 Å². The lowest BCUT2D eigenvalue weighted by Gasteiger charge is -2.38. The van der Waals surface area contributed by atoms with E-state index in [0.29, 0.717) is 30.2 Å². The summed E-state index contributed by atoms with van der Waals surface area (Å²) in [5, 5.41) is 6.28. The Morgan fingerprint density at radius 1 is 0.933 bits per heavy atom. The van der Waals surface area contributed by atoms with Gasteiger partial charge in [-0.15, -0.1) is 0 Å². The van der Waals surface area contributed by atoms with Gasteiger partial charge in [0.05, 0.1) is 18.9 Å². The van der Waals surface area contributed by atoms with Crippen LogP contribution in [0.5, 0.6) is 0 Å². The first kappa shape index (κ1) is 30.6. The fourth-order valence-electron chi connectivity index (χ4n) is 5.97. The second kappa shape index (κ2) is 12.1. The predicted octanol–water partition coefficient (Wildman–Crippen LogP) is 6.39. The zero-order valence-electron chi connectivity index (χ0n) is 26.6. The van der Waals surface area contributed by atoms with Gasteiger partial charge in [0.2, 0.25) is 0 Å².